The molecule has 4 heteroatoms. The van der Waals surface area contributed by atoms with Gasteiger partial charge in [0.05, 0.1) is 11.9 Å². The number of rotatable bonds is 3. The highest BCUT2D eigenvalue weighted by molar-refractivity contribution is 6.33. The van der Waals surface area contributed by atoms with E-state index in [1.165, 1.54) is 0 Å². The van der Waals surface area contributed by atoms with E-state index in [0.29, 0.717) is 6.54 Å². The Morgan fingerprint density at radius 1 is 1.33 bits per heavy atom. The van der Waals surface area contributed by atoms with Gasteiger partial charge in [0.1, 0.15) is 0 Å². The molecule has 0 aliphatic rings. The molecular weight excluding hydrogens is 210 g/mol. The smallest absolute Gasteiger partial charge is 0.0697 e. The molecule has 0 atom stereocenters. The zero-order valence-electron chi connectivity index (χ0n) is 8.20. The van der Waals surface area contributed by atoms with Crippen LogP contribution in [0, 0.1) is 0 Å². The van der Waals surface area contributed by atoms with Crippen molar-refractivity contribution in [2.24, 2.45) is 5.73 Å². The Bertz CT molecular complexity index is 451. The predicted octanol–water partition coefficient (Wildman–Crippen LogP) is 2.23. The molecule has 0 spiro atoms. The van der Waals surface area contributed by atoms with Crippen molar-refractivity contribution in [3.63, 3.8) is 0 Å². The van der Waals surface area contributed by atoms with Gasteiger partial charge in [0.15, 0.2) is 0 Å². The van der Waals surface area contributed by atoms with Crippen molar-refractivity contribution in [3.05, 3.63) is 41.0 Å². The van der Waals surface area contributed by atoms with Gasteiger partial charge in [0.2, 0.25) is 0 Å². The van der Waals surface area contributed by atoms with E-state index in [-0.39, 0.29) is 0 Å². The molecule has 1 heterocycles. The van der Waals surface area contributed by atoms with Crippen LogP contribution in [0.5, 0.6) is 0 Å². The van der Waals surface area contributed by atoms with Gasteiger partial charge < -0.3 is 5.73 Å². The minimum atomic E-state index is 0.608. The molecule has 0 saturated carbocycles. The van der Waals surface area contributed by atoms with Crippen molar-refractivity contribution in [1.29, 1.82) is 0 Å². The maximum absolute atomic E-state index is 6.11. The number of H-pyrrole nitrogens is 1. The van der Waals surface area contributed by atoms with Gasteiger partial charge in [-0.25, -0.2) is 0 Å². The third kappa shape index (κ3) is 2.03. The average Bonchev–Trinajstić information content (AvgIpc) is 2.67. The third-order valence-corrected chi connectivity index (χ3v) is 2.60. The van der Waals surface area contributed by atoms with Gasteiger partial charge in [-0.05, 0) is 24.6 Å². The molecule has 0 bridgehead atoms. The highest BCUT2D eigenvalue weighted by Gasteiger charge is 2.09. The van der Waals surface area contributed by atoms with Crippen LogP contribution in [-0.4, -0.2) is 16.7 Å². The van der Waals surface area contributed by atoms with Gasteiger partial charge in [-0.15, -0.1) is 0 Å². The Hall–Kier alpha value is -1.32. The molecule has 1 aromatic carbocycles. The number of benzene rings is 1. The maximum atomic E-state index is 6.11. The SMILES string of the molecule is NCCc1cn[nH]c1-c1ccccc1Cl. The normalized spacial score (nSPS) is 10.5. The summed E-state index contributed by atoms with van der Waals surface area (Å²) in [7, 11) is 0. The topological polar surface area (TPSA) is 54.7 Å². The molecule has 0 saturated heterocycles. The quantitative estimate of drug-likeness (QED) is 0.835. The second-order valence-corrected chi connectivity index (χ2v) is 3.70. The first kappa shape index (κ1) is 10.2. The summed E-state index contributed by atoms with van der Waals surface area (Å²) < 4.78 is 0. The summed E-state index contributed by atoms with van der Waals surface area (Å²) in [4.78, 5) is 0. The zero-order valence-corrected chi connectivity index (χ0v) is 8.96. The summed E-state index contributed by atoms with van der Waals surface area (Å²) in [5.41, 5.74) is 8.57. The first-order chi connectivity index (χ1) is 7.33. The van der Waals surface area contributed by atoms with Crippen molar-refractivity contribution in [3.8, 4) is 11.3 Å². The molecule has 0 aliphatic carbocycles. The second-order valence-electron chi connectivity index (χ2n) is 3.29. The Kier molecular flexibility index (Phi) is 3.04. The number of halogens is 1. The summed E-state index contributed by atoms with van der Waals surface area (Å²) in [6.07, 6.45) is 2.60. The molecule has 78 valence electrons. The molecule has 2 aromatic rings. The lowest BCUT2D eigenvalue weighted by molar-refractivity contribution is 0.972. The number of hydrogen-bond donors (Lipinski definition) is 2. The summed E-state index contributed by atoms with van der Waals surface area (Å²) >= 11 is 6.11. The third-order valence-electron chi connectivity index (χ3n) is 2.27. The van der Waals surface area contributed by atoms with Crippen LogP contribution in [0.1, 0.15) is 5.56 Å². The number of aromatic amines is 1. The molecule has 3 nitrogen and oxygen atoms in total. The zero-order chi connectivity index (χ0) is 10.7. The molecule has 2 rings (SSSR count). The highest BCUT2D eigenvalue weighted by atomic mass is 35.5. The van der Waals surface area contributed by atoms with Crippen LogP contribution in [0.15, 0.2) is 30.5 Å². The first-order valence-corrected chi connectivity index (χ1v) is 5.18. The summed E-state index contributed by atoms with van der Waals surface area (Å²) in [6.45, 7) is 0.608. The molecule has 0 radical (unpaired) electrons. The van der Waals surface area contributed by atoms with Crippen molar-refractivity contribution < 1.29 is 0 Å². The molecule has 15 heavy (non-hydrogen) atoms. The van der Waals surface area contributed by atoms with E-state index in [2.05, 4.69) is 10.2 Å². The van der Waals surface area contributed by atoms with Gasteiger partial charge >= 0.3 is 0 Å². The van der Waals surface area contributed by atoms with Crippen molar-refractivity contribution in [1.82, 2.24) is 10.2 Å². The molecule has 1 aromatic heterocycles. The second kappa shape index (κ2) is 4.47. The Balaban J connectivity index is 2.45. The van der Waals surface area contributed by atoms with E-state index in [0.717, 1.165) is 28.3 Å². The Morgan fingerprint density at radius 3 is 2.87 bits per heavy atom. The van der Waals surface area contributed by atoms with E-state index in [4.69, 9.17) is 17.3 Å². The van der Waals surface area contributed by atoms with Gasteiger partial charge in [0, 0.05) is 10.6 Å². The molecule has 3 N–H and O–H groups in total. The van der Waals surface area contributed by atoms with Crippen LogP contribution in [-0.2, 0) is 6.42 Å². The summed E-state index contributed by atoms with van der Waals surface area (Å²) in [5.74, 6) is 0. The first-order valence-electron chi connectivity index (χ1n) is 4.80. The van der Waals surface area contributed by atoms with Crippen molar-refractivity contribution in [2.45, 2.75) is 6.42 Å². The summed E-state index contributed by atoms with van der Waals surface area (Å²) in [5, 5.41) is 7.70. The highest BCUT2D eigenvalue weighted by Crippen LogP contribution is 2.28. The van der Waals surface area contributed by atoms with Gasteiger partial charge in [-0.1, -0.05) is 29.8 Å². The monoisotopic (exact) mass is 221 g/mol. The van der Waals surface area contributed by atoms with Gasteiger partial charge in [-0.2, -0.15) is 5.10 Å². The van der Waals surface area contributed by atoms with E-state index >= 15 is 0 Å². The van der Waals surface area contributed by atoms with E-state index < -0.39 is 0 Å². The number of hydrogen-bond acceptors (Lipinski definition) is 2. The summed E-state index contributed by atoms with van der Waals surface area (Å²) in [6, 6.07) is 7.69. The molecule has 0 aliphatic heterocycles. The van der Waals surface area contributed by atoms with Gasteiger partial charge in [-0.3, -0.25) is 5.10 Å². The van der Waals surface area contributed by atoms with Crippen LogP contribution in [0.2, 0.25) is 5.02 Å². The molecule has 0 amide bonds. The van der Waals surface area contributed by atoms with Crippen LogP contribution in [0.25, 0.3) is 11.3 Å². The van der Waals surface area contributed by atoms with Crippen LogP contribution in [0.3, 0.4) is 0 Å². The average molecular weight is 222 g/mol. The lowest BCUT2D eigenvalue weighted by atomic mass is 10.1. The minimum Gasteiger partial charge on any atom is -0.330 e. The number of nitrogens with zero attached hydrogens (tertiary/aromatic N) is 1. The van der Waals surface area contributed by atoms with Crippen molar-refractivity contribution >= 4 is 11.6 Å². The van der Waals surface area contributed by atoms with Crippen molar-refractivity contribution in [2.75, 3.05) is 6.54 Å². The Labute approximate surface area is 93.3 Å². The molecular formula is C11H12ClN3. The molecule has 0 fully saturated rings. The van der Waals surface area contributed by atoms with Crippen LogP contribution < -0.4 is 5.73 Å². The Morgan fingerprint density at radius 2 is 2.13 bits per heavy atom. The van der Waals surface area contributed by atoms with Crippen LogP contribution in [0.4, 0.5) is 0 Å². The fourth-order valence-electron chi connectivity index (χ4n) is 1.55. The van der Waals surface area contributed by atoms with Crippen LogP contribution >= 0.6 is 11.6 Å². The lowest BCUT2D eigenvalue weighted by Crippen LogP contribution is -2.02. The van der Waals surface area contributed by atoms with E-state index in [9.17, 15) is 0 Å². The molecule has 0 unspecified atom stereocenters. The largest absolute Gasteiger partial charge is 0.330 e. The van der Waals surface area contributed by atoms with E-state index in [1.807, 2.05) is 24.3 Å². The van der Waals surface area contributed by atoms with E-state index in [1.54, 1.807) is 6.20 Å². The fraction of sp³-hybridized carbons (Fsp3) is 0.182. The number of nitrogens with one attached hydrogen (secondary N) is 1. The van der Waals surface area contributed by atoms with Gasteiger partial charge in [0.25, 0.3) is 0 Å². The maximum Gasteiger partial charge on any atom is 0.0697 e. The minimum absolute atomic E-state index is 0.608. The standard InChI is InChI=1S/C11H12ClN3/c12-10-4-2-1-3-9(10)11-8(5-6-13)7-14-15-11/h1-4,7H,5-6,13H2,(H,14,15). The lowest BCUT2D eigenvalue weighted by Gasteiger charge is -2.03. The predicted molar refractivity (Wildman–Crippen MR) is 61.8 cm³/mol. The number of aromatic nitrogens is 2. The number of nitrogens with two attached hydrogens (primary N) is 1. The fourth-order valence-corrected chi connectivity index (χ4v) is 1.78.